The molecule has 0 saturated carbocycles. The summed E-state index contributed by atoms with van der Waals surface area (Å²) in [6.45, 7) is 9.54. The normalized spacial score (nSPS) is 16.7. The molecule has 3 rings (SSSR count). The average molecular weight is 374 g/mol. The first kappa shape index (κ1) is 19.6. The molecule has 0 aliphatic carbocycles. The maximum Gasteiger partial charge on any atom is 0.168 e. The van der Waals surface area contributed by atoms with E-state index in [1.807, 2.05) is 16.8 Å². The molecule has 1 fully saturated rings. The van der Waals surface area contributed by atoms with E-state index in [0.29, 0.717) is 19.1 Å². The van der Waals surface area contributed by atoms with Crippen molar-refractivity contribution in [3.8, 4) is 5.75 Å². The van der Waals surface area contributed by atoms with Crippen LogP contribution in [0.2, 0.25) is 0 Å². The van der Waals surface area contributed by atoms with Gasteiger partial charge in [0.25, 0.3) is 0 Å². The first-order chi connectivity index (χ1) is 13.2. The van der Waals surface area contributed by atoms with E-state index in [0.717, 1.165) is 43.4 Å². The van der Waals surface area contributed by atoms with E-state index < -0.39 is 0 Å². The van der Waals surface area contributed by atoms with Gasteiger partial charge in [-0.15, -0.1) is 5.10 Å². The Morgan fingerprint density at radius 3 is 2.48 bits per heavy atom. The Balaban J connectivity index is 1.72. The fraction of sp³-hybridized carbons (Fsp3) is 0.632. The Labute approximate surface area is 161 Å². The molecule has 0 amide bonds. The first-order valence-electron chi connectivity index (χ1n) is 9.52. The predicted molar refractivity (Wildman–Crippen MR) is 104 cm³/mol. The summed E-state index contributed by atoms with van der Waals surface area (Å²) in [5.74, 6) is 2.26. The zero-order chi connectivity index (χ0) is 19.2. The quantitative estimate of drug-likeness (QED) is 0.698. The molecule has 0 N–H and O–H groups in total. The molecule has 1 aliphatic heterocycles. The van der Waals surface area contributed by atoms with Gasteiger partial charge in [0.05, 0.1) is 32.0 Å². The highest BCUT2D eigenvalue weighted by Crippen LogP contribution is 2.32. The van der Waals surface area contributed by atoms with E-state index >= 15 is 0 Å². The van der Waals surface area contributed by atoms with Gasteiger partial charge in [0.2, 0.25) is 0 Å². The van der Waals surface area contributed by atoms with Crippen molar-refractivity contribution in [3.63, 3.8) is 0 Å². The van der Waals surface area contributed by atoms with Gasteiger partial charge in [-0.1, -0.05) is 26.0 Å². The predicted octanol–water partition coefficient (Wildman–Crippen LogP) is 1.85. The number of aromatic nitrogens is 4. The Morgan fingerprint density at radius 1 is 1.07 bits per heavy atom. The minimum Gasteiger partial charge on any atom is -0.495 e. The number of hydrogen-bond donors (Lipinski definition) is 0. The third-order valence-electron chi connectivity index (χ3n) is 5.10. The fourth-order valence-electron chi connectivity index (χ4n) is 3.78. The molecule has 1 saturated heterocycles. The number of methoxy groups -OCH3 is 2. The van der Waals surface area contributed by atoms with Gasteiger partial charge in [-0.25, -0.2) is 4.68 Å². The summed E-state index contributed by atoms with van der Waals surface area (Å²) in [6.07, 6.45) is 0. The van der Waals surface area contributed by atoms with Gasteiger partial charge in [0.15, 0.2) is 5.82 Å². The lowest BCUT2D eigenvalue weighted by Gasteiger charge is -2.41. The monoisotopic (exact) mass is 374 g/mol. The van der Waals surface area contributed by atoms with E-state index in [2.05, 4.69) is 51.3 Å². The van der Waals surface area contributed by atoms with Crippen molar-refractivity contribution in [2.24, 2.45) is 5.92 Å². The van der Waals surface area contributed by atoms with Crippen LogP contribution in [-0.4, -0.2) is 72.1 Å². The van der Waals surface area contributed by atoms with Crippen LogP contribution in [-0.2, 0) is 11.3 Å². The highest BCUT2D eigenvalue weighted by molar-refractivity contribution is 5.58. The molecule has 2 heterocycles. The molecule has 8 nitrogen and oxygen atoms in total. The number of para-hydroxylation sites is 2. The standard InChI is InChI=1S/C19H30N6O2/c1-15(2)18(19-20-21-22-25(19)13-14-26-3)24-11-9-23(10-12-24)16-7-5-6-8-17(16)27-4/h5-8,15,18H,9-14H2,1-4H3/t18-/m1/s1. The van der Waals surface area contributed by atoms with Crippen LogP contribution >= 0.6 is 0 Å². The third-order valence-corrected chi connectivity index (χ3v) is 5.10. The third kappa shape index (κ3) is 4.39. The number of anilines is 1. The lowest BCUT2D eigenvalue weighted by atomic mass is 10.0. The number of hydrogen-bond acceptors (Lipinski definition) is 7. The van der Waals surface area contributed by atoms with Crippen LogP contribution in [0.1, 0.15) is 25.7 Å². The zero-order valence-corrected chi connectivity index (χ0v) is 16.7. The summed E-state index contributed by atoms with van der Waals surface area (Å²) >= 11 is 0. The summed E-state index contributed by atoms with van der Waals surface area (Å²) in [6, 6.07) is 8.40. The molecule has 1 aromatic carbocycles. The topological polar surface area (TPSA) is 68.5 Å². The van der Waals surface area contributed by atoms with Crippen molar-refractivity contribution in [1.82, 2.24) is 25.1 Å². The average Bonchev–Trinajstić information content (AvgIpc) is 3.14. The van der Waals surface area contributed by atoms with Gasteiger partial charge in [-0.05, 0) is 28.5 Å². The van der Waals surface area contributed by atoms with Crippen molar-refractivity contribution in [1.29, 1.82) is 0 Å². The van der Waals surface area contributed by atoms with Crippen LogP contribution in [0.4, 0.5) is 5.69 Å². The van der Waals surface area contributed by atoms with Gasteiger partial charge >= 0.3 is 0 Å². The second-order valence-electron chi connectivity index (χ2n) is 7.14. The molecule has 8 heteroatoms. The molecular weight excluding hydrogens is 344 g/mol. The number of rotatable bonds is 8. The van der Waals surface area contributed by atoms with Gasteiger partial charge in [0, 0.05) is 33.3 Å². The van der Waals surface area contributed by atoms with Crippen LogP contribution in [0, 0.1) is 5.92 Å². The maximum atomic E-state index is 5.53. The Morgan fingerprint density at radius 2 is 1.81 bits per heavy atom. The molecule has 1 aromatic heterocycles. The maximum absolute atomic E-state index is 5.53. The number of piperazine rings is 1. The second kappa shape index (κ2) is 9.14. The van der Waals surface area contributed by atoms with E-state index in [9.17, 15) is 0 Å². The number of ether oxygens (including phenoxy) is 2. The van der Waals surface area contributed by atoms with E-state index in [4.69, 9.17) is 9.47 Å². The van der Waals surface area contributed by atoms with E-state index in [-0.39, 0.29) is 6.04 Å². The van der Waals surface area contributed by atoms with Crippen molar-refractivity contribution in [3.05, 3.63) is 30.1 Å². The first-order valence-corrected chi connectivity index (χ1v) is 9.52. The summed E-state index contributed by atoms with van der Waals surface area (Å²) < 4.78 is 12.6. The van der Waals surface area contributed by atoms with E-state index in [1.54, 1.807) is 14.2 Å². The van der Waals surface area contributed by atoms with Crippen molar-refractivity contribution >= 4 is 5.69 Å². The fourth-order valence-corrected chi connectivity index (χ4v) is 3.78. The number of tetrazole rings is 1. The summed E-state index contributed by atoms with van der Waals surface area (Å²) in [7, 11) is 3.42. The minimum atomic E-state index is 0.191. The summed E-state index contributed by atoms with van der Waals surface area (Å²) in [5, 5.41) is 12.4. The van der Waals surface area contributed by atoms with Crippen LogP contribution < -0.4 is 9.64 Å². The van der Waals surface area contributed by atoms with Crippen molar-refractivity contribution in [2.45, 2.75) is 26.4 Å². The molecule has 1 aliphatic rings. The molecule has 0 unspecified atom stereocenters. The summed E-state index contributed by atoms with van der Waals surface area (Å²) in [5.41, 5.74) is 1.16. The van der Waals surface area contributed by atoms with E-state index in [1.165, 1.54) is 0 Å². The molecular formula is C19H30N6O2. The van der Waals surface area contributed by atoms with Gasteiger partial charge in [-0.3, -0.25) is 4.90 Å². The highest BCUT2D eigenvalue weighted by Gasteiger charge is 2.31. The second-order valence-corrected chi connectivity index (χ2v) is 7.14. The zero-order valence-electron chi connectivity index (χ0n) is 16.7. The van der Waals surface area contributed by atoms with Crippen LogP contribution in [0.5, 0.6) is 5.75 Å². The molecule has 148 valence electrons. The minimum absolute atomic E-state index is 0.191. The molecule has 27 heavy (non-hydrogen) atoms. The molecule has 2 aromatic rings. The van der Waals surface area contributed by atoms with Crippen LogP contribution in [0.25, 0.3) is 0 Å². The summed E-state index contributed by atoms with van der Waals surface area (Å²) in [4.78, 5) is 4.88. The number of benzene rings is 1. The molecule has 0 radical (unpaired) electrons. The Bertz CT molecular complexity index is 712. The van der Waals surface area contributed by atoms with Gasteiger partial charge < -0.3 is 14.4 Å². The lowest BCUT2D eigenvalue weighted by Crippen LogP contribution is -2.49. The van der Waals surface area contributed by atoms with Gasteiger partial charge in [0.1, 0.15) is 5.75 Å². The molecule has 0 bridgehead atoms. The smallest absolute Gasteiger partial charge is 0.168 e. The van der Waals surface area contributed by atoms with Crippen LogP contribution in [0.15, 0.2) is 24.3 Å². The lowest BCUT2D eigenvalue weighted by molar-refractivity contribution is 0.129. The van der Waals surface area contributed by atoms with Crippen molar-refractivity contribution < 1.29 is 9.47 Å². The molecule has 0 spiro atoms. The Hall–Kier alpha value is -2.19. The molecule has 1 atom stereocenters. The number of nitrogens with zero attached hydrogens (tertiary/aromatic N) is 6. The SMILES string of the molecule is COCCn1nnnc1[C@@H](C(C)C)N1CCN(c2ccccc2OC)CC1. The largest absolute Gasteiger partial charge is 0.495 e. The van der Waals surface area contributed by atoms with Crippen LogP contribution in [0.3, 0.4) is 0 Å². The van der Waals surface area contributed by atoms with Gasteiger partial charge in [-0.2, -0.15) is 0 Å². The Kier molecular flexibility index (Phi) is 6.63. The highest BCUT2D eigenvalue weighted by atomic mass is 16.5. The van der Waals surface area contributed by atoms with Crippen molar-refractivity contribution in [2.75, 3.05) is 51.9 Å².